The first kappa shape index (κ1) is 10.5. The van der Waals surface area contributed by atoms with Gasteiger partial charge in [0.25, 0.3) is 0 Å². The molecular weight excluding hydrogens is 204 g/mol. The van der Waals surface area contributed by atoms with Crippen molar-refractivity contribution >= 4 is 5.78 Å². The number of furan rings is 1. The molecule has 1 aromatic heterocycles. The lowest BCUT2D eigenvalue weighted by Gasteiger charge is -2.07. The molecule has 0 fully saturated rings. The molecular formula is C13H12O3. The average Bonchev–Trinajstić information content (AvgIpc) is 2.79. The Balaban J connectivity index is 2.12. The summed E-state index contributed by atoms with van der Waals surface area (Å²) in [6.07, 6.45) is 1.59. The van der Waals surface area contributed by atoms with E-state index in [0.29, 0.717) is 17.9 Å². The maximum Gasteiger partial charge on any atom is 0.163 e. The standard InChI is InChI=1S/C13H12O3/c1-10(14)12-6-2-3-7-13(12)16-9-11-5-4-8-15-11/h2-8H,9H2,1H3. The molecule has 0 aliphatic heterocycles. The number of hydrogen-bond donors (Lipinski definition) is 0. The third-order valence-corrected chi connectivity index (χ3v) is 2.22. The molecule has 0 spiro atoms. The first-order valence-corrected chi connectivity index (χ1v) is 5.02. The highest BCUT2D eigenvalue weighted by Gasteiger charge is 2.07. The number of rotatable bonds is 4. The Hall–Kier alpha value is -2.03. The molecule has 3 nitrogen and oxygen atoms in total. The molecule has 1 heterocycles. The summed E-state index contributed by atoms with van der Waals surface area (Å²) >= 11 is 0. The van der Waals surface area contributed by atoms with E-state index in [1.165, 1.54) is 6.92 Å². The van der Waals surface area contributed by atoms with Gasteiger partial charge in [0.15, 0.2) is 5.78 Å². The van der Waals surface area contributed by atoms with Gasteiger partial charge in [-0.05, 0) is 31.2 Å². The van der Waals surface area contributed by atoms with Gasteiger partial charge in [-0.15, -0.1) is 0 Å². The first-order valence-electron chi connectivity index (χ1n) is 5.02. The fourth-order valence-electron chi connectivity index (χ4n) is 1.43. The van der Waals surface area contributed by atoms with Crippen molar-refractivity contribution in [1.29, 1.82) is 0 Å². The molecule has 2 rings (SSSR count). The molecule has 0 atom stereocenters. The van der Waals surface area contributed by atoms with Crippen molar-refractivity contribution in [3.63, 3.8) is 0 Å². The number of benzene rings is 1. The molecule has 0 radical (unpaired) electrons. The predicted molar refractivity (Wildman–Crippen MR) is 59.5 cm³/mol. The maximum atomic E-state index is 11.3. The molecule has 0 amide bonds. The van der Waals surface area contributed by atoms with E-state index in [4.69, 9.17) is 9.15 Å². The van der Waals surface area contributed by atoms with E-state index in [2.05, 4.69) is 0 Å². The molecule has 1 aromatic carbocycles. The van der Waals surface area contributed by atoms with Crippen molar-refractivity contribution in [2.24, 2.45) is 0 Å². The third-order valence-electron chi connectivity index (χ3n) is 2.22. The normalized spacial score (nSPS) is 10.1. The van der Waals surface area contributed by atoms with Crippen LogP contribution >= 0.6 is 0 Å². The van der Waals surface area contributed by atoms with Crippen LogP contribution in [0.5, 0.6) is 5.75 Å². The van der Waals surface area contributed by atoms with Crippen molar-refractivity contribution in [2.75, 3.05) is 0 Å². The Labute approximate surface area is 93.7 Å². The smallest absolute Gasteiger partial charge is 0.163 e. The van der Waals surface area contributed by atoms with Gasteiger partial charge in [-0.25, -0.2) is 0 Å². The van der Waals surface area contributed by atoms with Crippen molar-refractivity contribution < 1.29 is 13.9 Å². The second kappa shape index (κ2) is 4.66. The Morgan fingerprint density at radius 2 is 2.06 bits per heavy atom. The number of Topliss-reactive ketones (excluding diaryl/α,β-unsaturated/α-hetero) is 1. The monoisotopic (exact) mass is 216 g/mol. The summed E-state index contributed by atoms with van der Waals surface area (Å²) in [6.45, 7) is 1.85. The molecule has 0 N–H and O–H groups in total. The zero-order chi connectivity index (χ0) is 11.4. The van der Waals surface area contributed by atoms with Crippen LogP contribution in [0.3, 0.4) is 0 Å². The second-order valence-electron chi connectivity index (χ2n) is 3.42. The van der Waals surface area contributed by atoms with Crippen LogP contribution in [0.1, 0.15) is 23.0 Å². The molecule has 0 unspecified atom stereocenters. The van der Waals surface area contributed by atoms with Gasteiger partial charge in [0, 0.05) is 0 Å². The number of carbonyl (C=O) groups is 1. The summed E-state index contributed by atoms with van der Waals surface area (Å²) in [4.78, 5) is 11.3. The van der Waals surface area contributed by atoms with Crippen molar-refractivity contribution in [2.45, 2.75) is 13.5 Å². The second-order valence-corrected chi connectivity index (χ2v) is 3.42. The number of ketones is 1. The van der Waals surface area contributed by atoms with Gasteiger partial charge in [0.1, 0.15) is 18.1 Å². The lowest BCUT2D eigenvalue weighted by atomic mass is 10.1. The van der Waals surface area contributed by atoms with E-state index in [9.17, 15) is 4.79 Å². The van der Waals surface area contributed by atoms with Crippen molar-refractivity contribution in [3.05, 3.63) is 54.0 Å². The lowest BCUT2D eigenvalue weighted by Crippen LogP contribution is -2.00. The van der Waals surface area contributed by atoms with Crippen molar-refractivity contribution in [3.8, 4) is 5.75 Å². The Kier molecular flexibility index (Phi) is 3.05. The fourth-order valence-corrected chi connectivity index (χ4v) is 1.43. The van der Waals surface area contributed by atoms with E-state index in [1.807, 2.05) is 18.2 Å². The largest absolute Gasteiger partial charge is 0.485 e. The van der Waals surface area contributed by atoms with E-state index in [0.717, 1.165) is 5.76 Å². The zero-order valence-corrected chi connectivity index (χ0v) is 8.97. The highest BCUT2D eigenvalue weighted by molar-refractivity contribution is 5.96. The SMILES string of the molecule is CC(=O)c1ccccc1OCc1ccco1. The van der Waals surface area contributed by atoms with Crippen LogP contribution in [0.15, 0.2) is 47.1 Å². The number of hydrogen-bond acceptors (Lipinski definition) is 3. The lowest BCUT2D eigenvalue weighted by molar-refractivity contribution is 0.101. The van der Waals surface area contributed by atoms with E-state index in [-0.39, 0.29) is 5.78 Å². The topological polar surface area (TPSA) is 39.4 Å². The van der Waals surface area contributed by atoms with Gasteiger partial charge >= 0.3 is 0 Å². The van der Waals surface area contributed by atoms with Gasteiger partial charge in [-0.1, -0.05) is 12.1 Å². The van der Waals surface area contributed by atoms with Gasteiger partial charge in [0.2, 0.25) is 0 Å². The van der Waals surface area contributed by atoms with Crippen LogP contribution in [0.25, 0.3) is 0 Å². The highest BCUT2D eigenvalue weighted by atomic mass is 16.5. The van der Waals surface area contributed by atoms with Gasteiger partial charge in [-0.2, -0.15) is 0 Å². The summed E-state index contributed by atoms with van der Waals surface area (Å²) in [7, 11) is 0. The van der Waals surface area contributed by atoms with Gasteiger partial charge < -0.3 is 9.15 Å². The highest BCUT2D eigenvalue weighted by Crippen LogP contribution is 2.19. The summed E-state index contributed by atoms with van der Waals surface area (Å²) in [5.74, 6) is 1.32. The Morgan fingerprint density at radius 3 is 2.75 bits per heavy atom. The summed E-state index contributed by atoms with van der Waals surface area (Å²) in [6, 6.07) is 10.8. The van der Waals surface area contributed by atoms with Crippen LogP contribution in [0.2, 0.25) is 0 Å². The molecule has 2 aromatic rings. The molecule has 0 aliphatic carbocycles. The number of carbonyl (C=O) groups excluding carboxylic acids is 1. The molecule has 3 heteroatoms. The van der Waals surface area contributed by atoms with Crippen LogP contribution in [0.4, 0.5) is 0 Å². The molecule has 0 aliphatic rings. The third kappa shape index (κ3) is 2.31. The molecule has 16 heavy (non-hydrogen) atoms. The van der Waals surface area contributed by atoms with E-state index in [1.54, 1.807) is 24.5 Å². The van der Waals surface area contributed by atoms with Crippen LogP contribution in [0, 0.1) is 0 Å². The fraction of sp³-hybridized carbons (Fsp3) is 0.154. The predicted octanol–water partition coefficient (Wildman–Crippen LogP) is 3.06. The Morgan fingerprint density at radius 1 is 1.25 bits per heavy atom. The van der Waals surface area contributed by atoms with E-state index >= 15 is 0 Å². The summed E-state index contributed by atoms with van der Waals surface area (Å²) < 4.78 is 10.7. The van der Waals surface area contributed by atoms with Gasteiger partial charge in [0.05, 0.1) is 11.8 Å². The van der Waals surface area contributed by atoms with Crippen LogP contribution in [-0.2, 0) is 6.61 Å². The van der Waals surface area contributed by atoms with Crippen molar-refractivity contribution in [1.82, 2.24) is 0 Å². The first-order chi connectivity index (χ1) is 7.77. The van der Waals surface area contributed by atoms with Gasteiger partial charge in [-0.3, -0.25) is 4.79 Å². The number of para-hydroxylation sites is 1. The zero-order valence-electron chi connectivity index (χ0n) is 8.97. The maximum absolute atomic E-state index is 11.3. The molecule has 0 saturated carbocycles. The summed E-state index contributed by atoms with van der Waals surface area (Å²) in [5, 5.41) is 0. The van der Waals surface area contributed by atoms with Crippen LogP contribution in [-0.4, -0.2) is 5.78 Å². The minimum atomic E-state index is -0.00459. The summed E-state index contributed by atoms with van der Waals surface area (Å²) in [5.41, 5.74) is 0.592. The number of ether oxygens (including phenoxy) is 1. The minimum Gasteiger partial charge on any atom is -0.485 e. The Bertz CT molecular complexity index is 472. The quantitative estimate of drug-likeness (QED) is 0.737. The molecule has 0 saturated heterocycles. The average molecular weight is 216 g/mol. The van der Waals surface area contributed by atoms with E-state index < -0.39 is 0 Å². The van der Waals surface area contributed by atoms with Crippen LogP contribution < -0.4 is 4.74 Å². The minimum absolute atomic E-state index is 0.00459. The molecule has 82 valence electrons. The molecule has 0 bridgehead atoms.